The Labute approximate surface area is 190 Å². The monoisotopic (exact) mass is 508 g/mol. The van der Waals surface area contributed by atoms with Gasteiger partial charge in [-0.05, 0) is 63.5 Å². The molecule has 8 nitrogen and oxygen atoms in total. The van der Waals surface area contributed by atoms with Crippen molar-refractivity contribution in [3.63, 3.8) is 0 Å². The van der Waals surface area contributed by atoms with E-state index in [-0.39, 0.29) is 28.1 Å². The summed E-state index contributed by atoms with van der Waals surface area (Å²) >= 11 is 0. The van der Waals surface area contributed by atoms with E-state index in [2.05, 4.69) is 9.28 Å². The van der Waals surface area contributed by atoms with Crippen LogP contribution in [0.15, 0.2) is 28.8 Å². The number of carbonyl (C=O) groups is 1. The molecule has 2 aromatic rings. The summed E-state index contributed by atoms with van der Waals surface area (Å²) in [7, 11) is -9.74. The van der Waals surface area contributed by atoms with Crippen molar-refractivity contribution in [2.24, 2.45) is 0 Å². The summed E-state index contributed by atoms with van der Waals surface area (Å²) in [5.41, 5.74) is -4.33. The van der Waals surface area contributed by atoms with E-state index in [1.807, 2.05) is 0 Å². The molecular weight excluding hydrogens is 485 g/mol. The topological polar surface area (TPSA) is 112 Å². The number of nitrogens with zero attached hydrogens (tertiary/aromatic N) is 2. The SMILES string of the molecule is CCn1ncc(C(=O)c2ccc(S(C)(=O)=O)c(C(C)=C(C)C)c2C)c1OS(=O)(=O)C(F)(F)F. The normalized spacial score (nSPS) is 12.5. The lowest BCUT2D eigenvalue weighted by atomic mass is 9.91. The summed E-state index contributed by atoms with van der Waals surface area (Å²) in [6.07, 6.45) is 1.93. The van der Waals surface area contributed by atoms with Crippen molar-refractivity contribution in [1.29, 1.82) is 0 Å². The third-order valence-electron chi connectivity index (χ3n) is 5.00. The molecule has 0 saturated carbocycles. The van der Waals surface area contributed by atoms with Gasteiger partial charge in [-0.1, -0.05) is 5.57 Å². The van der Waals surface area contributed by atoms with Crippen LogP contribution in [0.3, 0.4) is 0 Å². The van der Waals surface area contributed by atoms with E-state index in [0.29, 0.717) is 5.57 Å². The molecule has 0 aliphatic carbocycles. The van der Waals surface area contributed by atoms with Crippen LogP contribution in [0.25, 0.3) is 5.57 Å². The van der Waals surface area contributed by atoms with E-state index in [9.17, 15) is 34.8 Å². The molecule has 182 valence electrons. The Kier molecular flexibility index (Phi) is 7.20. The second kappa shape index (κ2) is 8.93. The minimum absolute atomic E-state index is 0.0179. The molecule has 0 spiro atoms. The van der Waals surface area contributed by atoms with Gasteiger partial charge < -0.3 is 4.18 Å². The number of hydrogen-bond donors (Lipinski definition) is 0. The molecule has 2 rings (SSSR count). The molecule has 1 aromatic heterocycles. The second-order valence-electron chi connectivity index (χ2n) is 7.50. The van der Waals surface area contributed by atoms with Crippen LogP contribution >= 0.6 is 0 Å². The average molecular weight is 509 g/mol. The summed E-state index contributed by atoms with van der Waals surface area (Å²) in [6.45, 7) is 8.09. The molecule has 0 atom stereocenters. The smallest absolute Gasteiger partial charge is 0.355 e. The van der Waals surface area contributed by atoms with Gasteiger partial charge in [0.15, 0.2) is 15.6 Å². The number of aromatic nitrogens is 2. The number of hydrogen-bond acceptors (Lipinski definition) is 7. The van der Waals surface area contributed by atoms with Crippen molar-refractivity contribution in [3.8, 4) is 5.88 Å². The summed E-state index contributed by atoms with van der Waals surface area (Å²) in [5, 5.41) is 3.75. The van der Waals surface area contributed by atoms with Gasteiger partial charge in [0.05, 0.1) is 11.1 Å². The highest BCUT2D eigenvalue weighted by Crippen LogP contribution is 2.34. The molecule has 1 aromatic carbocycles. The Balaban J connectivity index is 2.78. The Hall–Kier alpha value is -2.67. The predicted octanol–water partition coefficient (Wildman–Crippen LogP) is 3.89. The Bertz CT molecular complexity index is 1350. The lowest BCUT2D eigenvalue weighted by Gasteiger charge is -2.17. The summed E-state index contributed by atoms with van der Waals surface area (Å²) in [5.74, 6) is -1.76. The van der Waals surface area contributed by atoms with Crippen molar-refractivity contribution >= 4 is 31.3 Å². The summed E-state index contributed by atoms with van der Waals surface area (Å²) in [6, 6.07) is 2.45. The van der Waals surface area contributed by atoms with Gasteiger partial charge >= 0.3 is 15.6 Å². The molecule has 0 amide bonds. The van der Waals surface area contributed by atoms with Crippen molar-refractivity contribution < 1.29 is 39.0 Å². The third-order valence-corrected chi connectivity index (χ3v) is 7.09. The number of sulfone groups is 1. The van der Waals surface area contributed by atoms with Crippen molar-refractivity contribution in [2.45, 2.75) is 51.6 Å². The highest BCUT2D eigenvalue weighted by Gasteiger charge is 2.49. The molecule has 0 saturated heterocycles. The van der Waals surface area contributed by atoms with Gasteiger partial charge in [-0.25, -0.2) is 13.1 Å². The van der Waals surface area contributed by atoms with Crippen LogP contribution in [0, 0.1) is 6.92 Å². The van der Waals surface area contributed by atoms with Gasteiger partial charge in [-0.2, -0.15) is 26.7 Å². The molecular formula is C20H23F3N2O6S2. The number of carbonyl (C=O) groups excluding carboxylic acids is 1. The van der Waals surface area contributed by atoms with E-state index in [1.165, 1.54) is 26.0 Å². The van der Waals surface area contributed by atoms with Crippen molar-refractivity contribution in [2.75, 3.05) is 6.26 Å². The molecule has 33 heavy (non-hydrogen) atoms. The maximum Gasteiger partial charge on any atom is 0.534 e. The first-order valence-electron chi connectivity index (χ1n) is 9.53. The van der Waals surface area contributed by atoms with Gasteiger partial charge in [-0.3, -0.25) is 4.79 Å². The molecule has 0 bridgehead atoms. The average Bonchev–Trinajstić information content (AvgIpc) is 3.06. The number of alkyl halides is 3. The van der Waals surface area contributed by atoms with Gasteiger partial charge in [0.2, 0.25) is 5.88 Å². The van der Waals surface area contributed by atoms with Gasteiger partial charge in [0.1, 0.15) is 5.56 Å². The predicted molar refractivity (Wildman–Crippen MR) is 115 cm³/mol. The van der Waals surface area contributed by atoms with Crippen molar-refractivity contribution in [1.82, 2.24) is 9.78 Å². The van der Waals surface area contributed by atoms with Gasteiger partial charge in [0.25, 0.3) is 0 Å². The molecule has 0 N–H and O–H groups in total. The maximum absolute atomic E-state index is 13.3. The van der Waals surface area contributed by atoms with Crippen LogP contribution in [0.5, 0.6) is 5.88 Å². The molecule has 0 unspecified atom stereocenters. The van der Waals surface area contributed by atoms with E-state index < -0.39 is 42.7 Å². The number of ketones is 1. The fourth-order valence-corrected chi connectivity index (χ4v) is 4.57. The highest BCUT2D eigenvalue weighted by atomic mass is 32.2. The molecule has 1 heterocycles. The number of halogens is 3. The van der Waals surface area contributed by atoms with Crippen LogP contribution in [0.2, 0.25) is 0 Å². The minimum Gasteiger partial charge on any atom is -0.355 e. The highest BCUT2D eigenvalue weighted by molar-refractivity contribution is 7.90. The second-order valence-corrected chi connectivity index (χ2v) is 11.0. The lowest BCUT2D eigenvalue weighted by molar-refractivity contribution is -0.0502. The van der Waals surface area contributed by atoms with Gasteiger partial charge in [0, 0.05) is 18.4 Å². The van der Waals surface area contributed by atoms with E-state index in [0.717, 1.165) is 22.7 Å². The number of aryl methyl sites for hydroxylation is 1. The van der Waals surface area contributed by atoms with E-state index in [4.69, 9.17) is 0 Å². The maximum atomic E-state index is 13.3. The Morgan fingerprint density at radius 1 is 1.09 bits per heavy atom. The zero-order valence-electron chi connectivity index (χ0n) is 18.7. The zero-order valence-corrected chi connectivity index (χ0v) is 20.4. The quantitative estimate of drug-likeness (QED) is 0.317. The fourth-order valence-electron chi connectivity index (χ4n) is 3.10. The lowest BCUT2D eigenvalue weighted by Crippen LogP contribution is -2.29. The van der Waals surface area contributed by atoms with Crippen LogP contribution in [0.1, 0.15) is 54.7 Å². The molecule has 13 heteroatoms. The zero-order chi connectivity index (χ0) is 25.5. The molecule has 0 aliphatic heterocycles. The Morgan fingerprint density at radius 3 is 2.12 bits per heavy atom. The first-order valence-corrected chi connectivity index (χ1v) is 12.8. The standard InChI is InChI=1S/C20H23F3N2O6S2/c1-7-25-19(31-33(29,30)20(21,22)23)15(10-24-25)18(26)14-8-9-16(32(6,27)28)17(13(14)5)12(4)11(2)3/h8-10H,7H2,1-6H3. The minimum atomic E-state index is -6.06. The first-order chi connectivity index (χ1) is 14.9. The number of rotatable bonds is 7. The van der Waals surface area contributed by atoms with E-state index >= 15 is 0 Å². The van der Waals surface area contributed by atoms with Crippen molar-refractivity contribution in [3.05, 3.63) is 46.2 Å². The molecule has 0 radical (unpaired) electrons. The summed E-state index contributed by atoms with van der Waals surface area (Å²) in [4.78, 5) is 13.3. The fraction of sp³-hybridized carbons (Fsp3) is 0.400. The number of benzene rings is 1. The first kappa shape index (κ1) is 26.6. The molecule has 0 fully saturated rings. The molecule has 0 aliphatic rings. The van der Waals surface area contributed by atoms with Crippen LogP contribution in [0.4, 0.5) is 13.2 Å². The van der Waals surface area contributed by atoms with Gasteiger partial charge in [-0.15, -0.1) is 0 Å². The van der Waals surface area contributed by atoms with Crippen LogP contribution < -0.4 is 4.18 Å². The van der Waals surface area contributed by atoms with Crippen LogP contribution in [-0.2, 0) is 26.5 Å². The Morgan fingerprint density at radius 2 is 1.67 bits per heavy atom. The summed E-state index contributed by atoms with van der Waals surface area (Å²) < 4.78 is 91.4. The number of allylic oxidation sites excluding steroid dienone is 2. The van der Waals surface area contributed by atoms with Crippen LogP contribution in [-0.4, -0.2) is 44.2 Å². The largest absolute Gasteiger partial charge is 0.534 e. The third kappa shape index (κ3) is 5.13. The van der Waals surface area contributed by atoms with E-state index in [1.54, 1.807) is 20.8 Å².